The minimum absolute atomic E-state index is 0.0887. The molecule has 5 heteroatoms. The average Bonchev–Trinajstić information content (AvgIpc) is 2.77. The molecule has 3 rings (SSSR count). The van der Waals surface area contributed by atoms with Crippen molar-refractivity contribution in [2.75, 3.05) is 13.1 Å². The van der Waals surface area contributed by atoms with Gasteiger partial charge in [0.25, 0.3) is 0 Å². The predicted molar refractivity (Wildman–Crippen MR) is 76.9 cm³/mol. The topological polar surface area (TPSA) is 57.7 Å². The molecule has 3 amide bonds. The lowest BCUT2D eigenvalue weighted by Gasteiger charge is -2.42. The summed E-state index contributed by atoms with van der Waals surface area (Å²) in [7, 11) is 0. The third-order valence-corrected chi connectivity index (χ3v) is 3.85. The Bertz CT molecular complexity index is 587. The van der Waals surface area contributed by atoms with Gasteiger partial charge in [0.1, 0.15) is 0 Å². The molecule has 0 aromatic heterocycles. The molecule has 5 nitrogen and oxygen atoms in total. The summed E-state index contributed by atoms with van der Waals surface area (Å²) in [5.74, 6) is -0.317. The van der Waals surface area contributed by atoms with Crippen molar-refractivity contribution in [2.24, 2.45) is 0 Å². The van der Waals surface area contributed by atoms with Crippen molar-refractivity contribution in [2.45, 2.75) is 18.9 Å². The maximum absolute atomic E-state index is 12.0. The first-order chi connectivity index (χ1) is 10.1. The third kappa shape index (κ3) is 2.72. The molecule has 1 aromatic carbocycles. The highest BCUT2D eigenvalue weighted by molar-refractivity contribution is 6.02. The highest BCUT2D eigenvalue weighted by atomic mass is 16.2. The number of imide groups is 1. The van der Waals surface area contributed by atoms with Gasteiger partial charge in [-0.25, -0.2) is 0 Å². The van der Waals surface area contributed by atoms with Crippen molar-refractivity contribution < 1.29 is 14.4 Å². The molecule has 2 aliphatic rings. The van der Waals surface area contributed by atoms with E-state index in [1.165, 1.54) is 11.0 Å². The van der Waals surface area contributed by atoms with E-state index in [0.717, 1.165) is 5.56 Å². The van der Waals surface area contributed by atoms with Gasteiger partial charge in [0.05, 0.1) is 6.04 Å². The van der Waals surface area contributed by atoms with Gasteiger partial charge in [0.2, 0.25) is 17.7 Å². The maximum atomic E-state index is 12.0. The van der Waals surface area contributed by atoms with Gasteiger partial charge in [-0.15, -0.1) is 0 Å². The standard InChI is InChI=1S/C16H16N2O3/c19-14(7-6-12-4-2-1-3-5-12)17-10-13(11-17)18-15(20)8-9-16(18)21/h1-7,13H,8-11H2/b7-6+. The van der Waals surface area contributed by atoms with E-state index in [1.54, 1.807) is 11.0 Å². The first-order valence-corrected chi connectivity index (χ1v) is 7.02. The molecule has 108 valence electrons. The zero-order valence-electron chi connectivity index (χ0n) is 11.6. The van der Waals surface area contributed by atoms with E-state index >= 15 is 0 Å². The molecule has 0 saturated carbocycles. The van der Waals surface area contributed by atoms with Crippen molar-refractivity contribution in [3.63, 3.8) is 0 Å². The highest BCUT2D eigenvalue weighted by Gasteiger charge is 2.42. The van der Waals surface area contributed by atoms with E-state index in [0.29, 0.717) is 25.9 Å². The lowest BCUT2D eigenvalue weighted by Crippen LogP contribution is -2.61. The zero-order valence-corrected chi connectivity index (χ0v) is 11.6. The Morgan fingerprint density at radius 2 is 1.67 bits per heavy atom. The summed E-state index contributed by atoms with van der Waals surface area (Å²) < 4.78 is 0. The van der Waals surface area contributed by atoms with Crippen molar-refractivity contribution in [1.82, 2.24) is 9.80 Å². The number of amides is 3. The number of rotatable bonds is 3. The zero-order chi connectivity index (χ0) is 14.8. The Balaban J connectivity index is 1.54. The second-order valence-corrected chi connectivity index (χ2v) is 5.30. The molecule has 2 fully saturated rings. The number of carbonyl (C=O) groups excluding carboxylic acids is 3. The van der Waals surface area contributed by atoms with Gasteiger partial charge in [-0.3, -0.25) is 19.3 Å². The fraction of sp³-hybridized carbons (Fsp3) is 0.312. The molecule has 2 saturated heterocycles. The summed E-state index contributed by atoms with van der Waals surface area (Å²) in [6.07, 6.45) is 3.90. The summed E-state index contributed by atoms with van der Waals surface area (Å²) in [5, 5.41) is 0. The Morgan fingerprint density at radius 1 is 1.05 bits per heavy atom. The summed E-state index contributed by atoms with van der Waals surface area (Å²) in [6, 6.07) is 9.45. The first-order valence-electron chi connectivity index (χ1n) is 7.02. The van der Waals surface area contributed by atoms with Gasteiger partial charge in [0.15, 0.2) is 0 Å². The fourth-order valence-corrected chi connectivity index (χ4v) is 2.64. The van der Waals surface area contributed by atoms with Crippen molar-refractivity contribution in [3.05, 3.63) is 42.0 Å². The van der Waals surface area contributed by atoms with E-state index < -0.39 is 0 Å². The number of hydrogen-bond acceptors (Lipinski definition) is 3. The van der Waals surface area contributed by atoms with Gasteiger partial charge < -0.3 is 4.90 Å². The maximum Gasteiger partial charge on any atom is 0.246 e. The van der Waals surface area contributed by atoms with Gasteiger partial charge in [-0.1, -0.05) is 30.3 Å². The van der Waals surface area contributed by atoms with E-state index in [1.807, 2.05) is 30.3 Å². The predicted octanol–water partition coefficient (Wildman–Crippen LogP) is 1.06. The number of nitrogens with zero attached hydrogens (tertiary/aromatic N) is 2. The molecule has 0 unspecified atom stereocenters. The molecular weight excluding hydrogens is 268 g/mol. The van der Waals surface area contributed by atoms with E-state index in [9.17, 15) is 14.4 Å². The van der Waals surface area contributed by atoms with Crippen LogP contribution in [0.25, 0.3) is 6.08 Å². The fourth-order valence-electron chi connectivity index (χ4n) is 2.64. The molecule has 0 bridgehead atoms. The molecule has 21 heavy (non-hydrogen) atoms. The number of likely N-dealkylation sites (tertiary alicyclic amines) is 2. The highest BCUT2D eigenvalue weighted by Crippen LogP contribution is 2.22. The van der Waals surface area contributed by atoms with Crippen molar-refractivity contribution in [1.29, 1.82) is 0 Å². The number of benzene rings is 1. The average molecular weight is 284 g/mol. The second-order valence-electron chi connectivity index (χ2n) is 5.30. The Labute approximate surface area is 122 Å². The molecule has 1 aromatic rings. The third-order valence-electron chi connectivity index (χ3n) is 3.85. The van der Waals surface area contributed by atoms with Crippen LogP contribution in [0.3, 0.4) is 0 Å². The second kappa shape index (κ2) is 5.52. The van der Waals surface area contributed by atoms with Crippen LogP contribution in [0, 0.1) is 0 Å². The van der Waals surface area contributed by atoms with Crippen LogP contribution in [0.1, 0.15) is 18.4 Å². The van der Waals surface area contributed by atoms with Crippen LogP contribution in [-0.4, -0.2) is 46.7 Å². The Hall–Kier alpha value is -2.43. The number of carbonyl (C=O) groups is 3. The molecule has 0 spiro atoms. The van der Waals surface area contributed by atoms with Gasteiger partial charge in [0, 0.05) is 32.0 Å². The summed E-state index contributed by atoms with van der Waals surface area (Å²) in [6.45, 7) is 0.880. The normalized spacial score (nSPS) is 19.4. The van der Waals surface area contributed by atoms with Crippen LogP contribution in [0.4, 0.5) is 0 Å². The summed E-state index contributed by atoms with van der Waals surface area (Å²) in [4.78, 5) is 38.1. The smallest absolute Gasteiger partial charge is 0.246 e. The Kier molecular flexibility index (Phi) is 3.56. The van der Waals surface area contributed by atoms with Crippen LogP contribution in [-0.2, 0) is 14.4 Å². The SMILES string of the molecule is O=C(/C=C/c1ccccc1)N1CC(N2C(=O)CCC2=O)C1. The quantitative estimate of drug-likeness (QED) is 0.616. The molecule has 0 N–H and O–H groups in total. The lowest BCUT2D eigenvalue weighted by atomic mass is 10.1. The minimum atomic E-state index is -0.137. The van der Waals surface area contributed by atoms with Crippen LogP contribution in [0.5, 0.6) is 0 Å². The van der Waals surface area contributed by atoms with Crippen LogP contribution in [0.2, 0.25) is 0 Å². The summed E-state index contributed by atoms with van der Waals surface area (Å²) >= 11 is 0. The van der Waals surface area contributed by atoms with Gasteiger partial charge in [-0.05, 0) is 11.6 Å². The van der Waals surface area contributed by atoms with Gasteiger partial charge >= 0.3 is 0 Å². The largest absolute Gasteiger partial charge is 0.335 e. The lowest BCUT2D eigenvalue weighted by molar-refractivity contribution is -0.149. The molecular formula is C16H16N2O3. The molecule has 2 heterocycles. The molecule has 0 aliphatic carbocycles. The van der Waals surface area contributed by atoms with Gasteiger partial charge in [-0.2, -0.15) is 0 Å². The minimum Gasteiger partial charge on any atom is -0.335 e. The van der Waals surface area contributed by atoms with E-state index in [2.05, 4.69) is 0 Å². The van der Waals surface area contributed by atoms with Crippen LogP contribution in [0.15, 0.2) is 36.4 Å². The Morgan fingerprint density at radius 3 is 2.29 bits per heavy atom. The van der Waals surface area contributed by atoms with Crippen LogP contribution >= 0.6 is 0 Å². The van der Waals surface area contributed by atoms with Crippen molar-refractivity contribution >= 4 is 23.8 Å². The first kappa shape index (κ1) is 13.5. The van der Waals surface area contributed by atoms with E-state index in [4.69, 9.17) is 0 Å². The number of hydrogen-bond donors (Lipinski definition) is 0. The monoisotopic (exact) mass is 284 g/mol. The van der Waals surface area contributed by atoms with Crippen LogP contribution < -0.4 is 0 Å². The molecule has 0 radical (unpaired) electrons. The molecule has 2 aliphatic heterocycles. The molecule has 0 atom stereocenters. The van der Waals surface area contributed by atoms with Crippen molar-refractivity contribution in [3.8, 4) is 0 Å². The summed E-state index contributed by atoms with van der Waals surface area (Å²) in [5.41, 5.74) is 0.966. The van der Waals surface area contributed by atoms with E-state index in [-0.39, 0.29) is 23.8 Å².